The summed E-state index contributed by atoms with van der Waals surface area (Å²) < 4.78 is 58.7. The molecule has 1 aliphatic rings. The largest absolute Gasteiger partial charge is 0.351 e. The number of rotatable bonds is 8. The normalized spacial score (nSPS) is 13.8. The van der Waals surface area contributed by atoms with Crippen LogP contribution in [0.15, 0.2) is 72.1 Å². The monoisotopic (exact) mass is 548 g/mol. The zero-order valence-electron chi connectivity index (χ0n) is 20.0. The van der Waals surface area contributed by atoms with Gasteiger partial charge in [0.05, 0.1) is 16.1 Å². The van der Waals surface area contributed by atoms with Crippen LogP contribution in [0.2, 0.25) is 0 Å². The highest BCUT2D eigenvalue weighted by molar-refractivity contribution is 7.86. The van der Waals surface area contributed by atoms with E-state index in [4.69, 9.17) is 0 Å². The second-order valence-corrected chi connectivity index (χ2v) is 10.2. The Kier molecular flexibility index (Phi) is 6.31. The first kappa shape index (κ1) is 24.7. The van der Waals surface area contributed by atoms with E-state index in [0.29, 0.717) is 34.2 Å². The lowest BCUT2D eigenvalue weighted by atomic mass is 10.0. The topological polar surface area (TPSA) is 113 Å². The molecule has 3 N–H and O–H groups in total. The van der Waals surface area contributed by atoms with Crippen molar-refractivity contribution in [3.8, 4) is 11.1 Å². The molecule has 1 atom stereocenters. The van der Waals surface area contributed by atoms with Gasteiger partial charge < -0.3 is 10.3 Å². The smallest absolute Gasteiger partial charge is 0.222 e. The number of pyridine rings is 1. The Labute approximate surface area is 222 Å². The molecule has 8 nitrogen and oxygen atoms in total. The van der Waals surface area contributed by atoms with Crippen molar-refractivity contribution in [3.63, 3.8) is 0 Å². The highest BCUT2D eigenvalue weighted by Gasteiger charge is 2.26. The van der Waals surface area contributed by atoms with Crippen LogP contribution in [0.3, 0.4) is 0 Å². The first-order valence-corrected chi connectivity index (χ1v) is 13.0. The molecular weight excluding hydrogens is 529 g/mol. The van der Waals surface area contributed by atoms with E-state index in [1.807, 2.05) is 0 Å². The first-order valence-electron chi connectivity index (χ1n) is 11.9. The van der Waals surface area contributed by atoms with E-state index in [1.54, 1.807) is 24.7 Å². The SMILES string of the molecule is O=C(c1c(F)ccc(NS(=O)c2cccc(F)c2)c1F)c1c[nH]c2ncc(-c3cnc(NC4CC4)nc3)cc12. The molecule has 0 spiro atoms. The van der Waals surface area contributed by atoms with Crippen LogP contribution < -0.4 is 10.0 Å². The van der Waals surface area contributed by atoms with Crippen molar-refractivity contribution in [2.24, 2.45) is 0 Å². The van der Waals surface area contributed by atoms with Crippen LogP contribution in [0.4, 0.5) is 24.8 Å². The lowest BCUT2D eigenvalue weighted by Crippen LogP contribution is -2.12. The molecule has 39 heavy (non-hydrogen) atoms. The molecule has 0 amide bonds. The lowest BCUT2D eigenvalue weighted by Gasteiger charge is -2.11. The predicted molar refractivity (Wildman–Crippen MR) is 140 cm³/mol. The fourth-order valence-corrected chi connectivity index (χ4v) is 4.92. The van der Waals surface area contributed by atoms with Gasteiger partial charge in [0.1, 0.15) is 28.3 Å². The number of nitrogens with zero attached hydrogens (tertiary/aromatic N) is 3. The van der Waals surface area contributed by atoms with E-state index in [9.17, 15) is 17.8 Å². The molecule has 0 bridgehead atoms. The van der Waals surface area contributed by atoms with Crippen LogP contribution in [0, 0.1) is 17.5 Å². The minimum atomic E-state index is -2.06. The van der Waals surface area contributed by atoms with Crippen molar-refractivity contribution in [2.45, 2.75) is 23.8 Å². The molecule has 5 aromatic rings. The van der Waals surface area contributed by atoms with E-state index < -0.39 is 39.8 Å². The minimum absolute atomic E-state index is 0.00603. The van der Waals surface area contributed by atoms with Gasteiger partial charge in [-0.3, -0.25) is 9.52 Å². The Bertz CT molecular complexity index is 1760. The van der Waals surface area contributed by atoms with Crippen LogP contribution in [-0.4, -0.2) is 36.0 Å². The summed E-state index contributed by atoms with van der Waals surface area (Å²) in [6.45, 7) is 0. The summed E-state index contributed by atoms with van der Waals surface area (Å²) in [7, 11) is -2.06. The first-order chi connectivity index (χ1) is 18.9. The molecule has 0 aliphatic heterocycles. The fourth-order valence-electron chi connectivity index (χ4n) is 4.03. The maximum atomic E-state index is 15.4. The van der Waals surface area contributed by atoms with Gasteiger partial charge in [-0.1, -0.05) is 6.07 Å². The quantitative estimate of drug-likeness (QED) is 0.225. The molecule has 6 rings (SSSR count). The Balaban J connectivity index is 1.31. The number of carbonyl (C=O) groups is 1. The third-order valence-corrected chi connectivity index (χ3v) is 7.29. The summed E-state index contributed by atoms with van der Waals surface area (Å²) in [5.74, 6) is -3.36. The second-order valence-electron chi connectivity index (χ2n) is 8.98. The number of ketones is 1. The van der Waals surface area contributed by atoms with Crippen LogP contribution in [-0.2, 0) is 11.0 Å². The zero-order chi connectivity index (χ0) is 27.1. The number of aromatic nitrogens is 4. The minimum Gasteiger partial charge on any atom is -0.351 e. The van der Waals surface area contributed by atoms with E-state index in [2.05, 4.69) is 30.0 Å². The Hall–Kier alpha value is -4.58. The summed E-state index contributed by atoms with van der Waals surface area (Å²) in [5.41, 5.74) is 0.384. The molecule has 1 aliphatic carbocycles. The van der Waals surface area contributed by atoms with Crippen LogP contribution in [0.1, 0.15) is 28.8 Å². The number of hydrogen-bond acceptors (Lipinski definition) is 6. The average Bonchev–Trinajstić information content (AvgIpc) is 3.65. The van der Waals surface area contributed by atoms with Crippen molar-refractivity contribution >= 4 is 39.4 Å². The molecule has 0 saturated heterocycles. The van der Waals surface area contributed by atoms with Crippen molar-refractivity contribution in [1.29, 1.82) is 0 Å². The highest BCUT2D eigenvalue weighted by Crippen LogP contribution is 2.30. The number of carbonyl (C=O) groups excluding carboxylic acids is 1. The molecule has 1 fully saturated rings. The molecule has 1 saturated carbocycles. The zero-order valence-corrected chi connectivity index (χ0v) is 20.9. The maximum Gasteiger partial charge on any atom is 0.222 e. The van der Waals surface area contributed by atoms with Gasteiger partial charge in [0.15, 0.2) is 5.82 Å². The van der Waals surface area contributed by atoms with E-state index in [0.717, 1.165) is 31.0 Å². The van der Waals surface area contributed by atoms with Crippen LogP contribution in [0.25, 0.3) is 22.2 Å². The van der Waals surface area contributed by atoms with Gasteiger partial charge in [0.25, 0.3) is 0 Å². The number of halogens is 3. The van der Waals surface area contributed by atoms with Crippen molar-refractivity contribution in [3.05, 3.63) is 95.8 Å². The van der Waals surface area contributed by atoms with Crippen molar-refractivity contribution in [2.75, 3.05) is 10.0 Å². The second kappa shape index (κ2) is 9.95. The third kappa shape index (κ3) is 4.98. The number of anilines is 2. The van der Waals surface area contributed by atoms with Crippen molar-refractivity contribution < 1.29 is 22.2 Å². The van der Waals surface area contributed by atoms with Crippen LogP contribution in [0.5, 0.6) is 0 Å². The maximum absolute atomic E-state index is 15.4. The average molecular weight is 549 g/mol. The van der Waals surface area contributed by atoms with Gasteiger partial charge in [-0.15, -0.1) is 0 Å². The Morgan fingerprint density at radius 1 is 0.974 bits per heavy atom. The summed E-state index contributed by atoms with van der Waals surface area (Å²) in [5, 5.41) is 3.55. The summed E-state index contributed by atoms with van der Waals surface area (Å²) >= 11 is 0. The molecule has 2 aromatic carbocycles. The van der Waals surface area contributed by atoms with E-state index in [-0.39, 0.29) is 16.1 Å². The lowest BCUT2D eigenvalue weighted by molar-refractivity contribution is 0.103. The van der Waals surface area contributed by atoms with Gasteiger partial charge in [-0.2, -0.15) is 0 Å². The molecular formula is C27H19F3N6O2S. The molecule has 196 valence electrons. The standard InChI is InChI=1S/C27H19F3N6O2S/c28-16-2-1-3-18(9-16)39(38)36-22-7-6-21(29)23(24(22)30)25(37)20-13-32-26-19(20)8-14(10-31-26)15-11-33-27(34-12-15)35-17-4-5-17/h1-3,6-13,17,36H,4-5H2,(H,31,32)(H,33,34,35). The molecule has 3 aromatic heterocycles. The fraction of sp³-hybridized carbons (Fsp3) is 0.111. The van der Waals surface area contributed by atoms with Crippen molar-refractivity contribution in [1.82, 2.24) is 19.9 Å². The van der Waals surface area contributed by atoms with Gasteiger partial charge in [-0.05, 0) is 49.2 Å². The summed E-state index contributed by atoms with van der Waals surface area (Å²) in [6, 6.07) is 8.92. The van der Waals surface area contributed by atoms with Gasteiger partial charge in [0, 0.05) is 52.9 Å². The Morgan fingerprint density at radius 2 is 1.74 bits per heavy atom. The molecule has 12 heteroatoms. The number of nitrogens with one attached hydrogen (secondary N) is 3. The van der Waals surface area contributed by atoms with Gasteiger partial charge in [-0.25, -0.2) is 32.3 Å². The van der Waals surface area contributed by atoms with Gasteiger partial charge in [0.2, 0.25) is 11.7 Å². The van der Waals surface area contributed by atoms with Crippen LogP contribution >= 0.6 is 0 Å². The number of benzene rings is 2. The third-order valence-electron chi connectivity index (χ3n) is 6.20. The van der Waals surface area contributed by atoms with E-state index in [1.165, 1.54) is 24.4 Å². The Morgan fingerprint density at radius 3 is 2.49 bits per heavy atom. The number of H-pyrrole nitrogens is 1. The van der Waals surface area contributed by atoms with Gasteiger partial charge >= 0.3 is 0 Å². The molecule has 0 radical (unpaired) electrons. The highest BCUT2D eigenvalue weighted by atomic mass is 32.2. The number of hydrogen-bond donors (Lipinski definition) is 3. The summed E-state index contributed by atoms with van der Waals surface area (Å²) in [4.78, 5) is 29.3. The number of fused-ring (bicyclic) bond motifs is 1. The van der Waals surface area contributed by atoms with E-state index >= 15 is 4.39 Å². The number of aromatic amines is 1. The predicted octanol–water partition coefficient (Wildman–Crippen LogP) is 5.38. The summed E-state index contributed by atoms with van der Waals surface area (Å²) in [6.07, 6.45) is 8.33. The molecule has 1 unspecified atom stereocenters. The molecule has 3 heterocycles.